The Labute approximate surface area is 113 Å². The lowest BCUT2D eigenvalue weighted by molar-refractivity contribution is -0.118. The van der Waals surface area contributed by atoms with Crippen LogP contribution in [-0.2, 0) is 11.3 Å². The molecule has 0 aliphatic rings. The van der Waals surface area contributed by atoms with E-state index in [1.54, 1.807) is 12.1 Å². The molecule has 0 radical (unpaired) electrons. The Balaban J connectivity index is 2.46. The van der Waals surface area contributed by atoms with Crippen molar-refractivity contribution in [3.8, 4) is 0 Å². The van der Waals surface area contributed by atoms with E-state index < -0.39 is 11.4 Å². The van der Waals surface area contributed by atoms with Crippen molar-refractivity contribution in [3.05, 3.63) is 29.8 Å². The normalized spacial score (nSPS) is 13.3. The maximum atomic E-state index is 12.1. The van der Waals surface area contributed by atoms with Crippen LogP contribution in [0.3, 0.4) is 0 Å². The molecule has 0 spiro atoms. The van der Waals surface area contributed by atoms with Crippen molar-refractivity contribution in [2.75, 3.05) is 0 Å². The molecule has 1 amide bonds. The summed E-state index contributed by atoms with van der Waals surface area (Å²) >= 11 is -0.139. The van der Waals surface area contributed by atoms with Gasteiger partial charge in [0.15, 0.2) is 0 Å². The number of carbonyl (C=O) groups excluding carboxylic acids is 1. The summed E-state index contributed by atoms with van der Waals surface area (Å²) < 4.78 is 36.4. The molecule has 0 saturated heterocycles. The van der Waals surface area contributed by atoms with Gasteiger partial charge in [-0.1, -0.05) is 12.1 Å². The van der Waals surface area contributed by atoms with Crippen LogP contribution in [0.5, 0.6) is 0 Å². The molecule has 0 aliphatic carbocycles. The average molecular weight is 292 g/mol. The van der Waals surface area contributed by atoms with Crippen molar-refractivity contribution in [1.82, 2.24) is 5.32 Å². The summed E-state index contributed by atoms with van der Waals surface area (Å²) in [5.41, 5.74) is 1.63. The Bertz CT molecular complexity index is 420. The molecule has 1 rings (SSSR count). The number of carbonyl (C=O) groups is 1. The van der Waals surface area contributed by atoms with E-state index in [1.807, 2.05) is 6.92 Å². The zero-order valence-corrected chi connectivity index (χ0v) is 11.1. The molecule has 0 bridgehead atoms. The molecule has 1 aromatic carbocycles. The van der Waals surface area contributed by atoms with E-state index in [2.05, 4.69) is 5.32 Å². The van der Waals surface area contributed by atoms with Gasteiger partial charge in [0, 0.05) is 23.9 Å². The third-order valence-corrected chi connectivity index (χ3v) is 3.06. The zero-order chi connectivity index (χ0) is 14.5. The van der Waals surface area contributed by atoms with Crippen LogP contribution < -0.4 is 11.1 Å². The fourth-order valence-corrected chi connectivity index (χ4v) is 2.01. The fourth-order valence-electron chi connectivity index (χ4n) is 1.48. The lowest BCUT2D eigenvalue weighted by atomic mass is 10.2. The molecule has 0 aromatic heterocycles. The van der Waals surface area contributed by atoms with E-state index >= 15 is 0 Å². The molecule has 19 heavy (non-hydrogen) atoms. The second kappa shape index (κ2) is 6.81. The van der Waals surface area contributed by atoms with E-state index in [9.17, 15) is 18.0 Å². The first kappa shape index (κ1) is 15.8. The molecule has 3 nitrogen and oxygen atoms in total. The smallest absolute Gasteiger partial charge is 0.370 e. The monoisotopic (exact) mass is 292 g/mol. The van der Waals surface area contributed by atoms with Crippen molar-refractivity contribution in [3.63, 3.8) is 0 Å². The van der Waals surface area contributed by atoms with Gasteiger partial charge in [-0.3, -0.25) is 4.79 Å². The average Bonchev–Trinajstić information content (AvgIpc) is 2.25. The lowest BCUT2D eigenvalue weighted by Gasteiger charge is -2.12. The number of rotatable bonds is 6. The number of nitrogens with one attached hydrogen (secondary N) is 1. The summed E-state index contributed by atoms with van der Waals surface area (Å²) in [4.78, 5) is 10.8. The summed E-state index contributed by atoms with van der Waals surface area (Å²) in [5, 5.41) is 3.07. The first-order chi connectivity index (χ1) is 8.76. The van der Waals surface area contributed by atoms with Gasteiger partial charge >= 0.3 is 5.51 Å². The quantitative estimate of drug-likeness (QED) is 0.793. The highest BCUT2D eigenvalue weighted by Gasteiger charge is 2.28. The first-order valence-electron chi connectivity index (χ1n) is 5.62. The van der Waals surface area contributed by atoms with Crippen molar-refractivity contribution >= 4 is 17.7 Å². The fraction of sp³-hybridized carbons (Fsp3) is 0.417. The number of hydrogen-bond acceptors (Lipinski definition) is 3. The van der Waals surface area contributed by atoms with Gasteiger partial charge in [0.05, 0.1) is 0 Å². The molecule has 0 heterocycles. The van der Waals surface area contributed by atoms with E-state index in [0.717, 1.165) is 5.56 Å². The number of primary amides is 1. The SMILES string of the molecule is CC(CC(N)=O)NCc1ccc(SC(F)(F)F)cc1. The Morgan fingerprint density at radius 2 is 1.95 bits per heavy atom. The predicted octanol–water partition coefficient (Wildman–Crippen LogP) is 2.65. The number of benzene rings is 1. The Hall–Kier alpha value is -1.21. The molecule has 1 unspecified atom stereocenters. The number of halogens is 3. The van der Waals surface area contributed by atoms with Crippen LogP contribution >= 0.6 is 11.8 Å². The summed E-state index contributed by atoms with van der Waals surface area (Å²) in [6, 6.07) is 6.03. The molecule has 1 aromatic rings. The molecule has 0 fully saturated rings. The van der Waals surface area contributed by atoms with Crippen LogP contribution in [0.2, 0.25) is 0 Å². The van der Waals surface area contributed by atoms with Gasteiger partial charge in [-0.15, -0.1) is 0 Å². The van der Waals surface area contributed by atoms with Gasteiger partial charge in [0.25, 0.3) is 0 Å². The Morgan fingerprint density at radius 3 is 2.42 bits per heavy atom. The second-order valence-electron chi connectivity index (χ2n) is 4.14. The predicted molar refractivity (Wildman–Crippen MR) is 68.5 cm³/mol. The summed E-state index contributed by atoms with van der Waals surface area (Å²) in [5.74, 6) is -0.392. The third kappa shape index (κ3) is 7.07. The second-order valence-corrected chi connectivity index (χ2v) is 5.28. The molecule has 0 saturated carbocycles. The minimum absolute atomic E-state index is 0.0678. The standard InChI is InChI=1S/C12H15F3N2OS/c1-8(6-11(16)18)17-7-9-2-4-10(5-3-9)19-12(13,14)15/h2-5,8,17H,6-7H2,1H3,(H2,16,18). The maximum absolute atomic E-state index is 12.1. The summed E-state index contributed by atoms with van der Waals surface area (Å²) in [6.45, 7) is 2.30. The summed E-state index contributed by atoms with van der Waals surface area (Å²) in [7, 11) is 0. The lowest BCUT2D eigenvalue weighted by Crippen LogP contribution is -2.30. The van der Waals surface area contributed by atoms with Crippen molar-refractivity contribution in [2.24, 2.45) is 5.73 Å². The van der Waals surface area contributed by atoms with E-state index in [-0.39, 0.29) is 29.1 Å². The third-order valence-electron chi connectivity index (χ3n) is 2.32. The van der Waals surface area contributed by atoms with E-state index in [4.69, 9.17) is 5.73 Å². The van der Waals surface area contributed by atoms with Crippen LogP contribution in [0, 0.1) is 0 Å². The zero-order valence-electron chi connectivity index (χ0n) is 10.3. The van der Waals surface area contributed by atoms with Crippen LogP contribution in [0.1, 0.15) is 18.9 Å². The molecule has 3 N–H and O–H groups in total. The largest absolute Gasteiger partial charge is 0.446 e. The minimum atomic E-state index is -4.27. The first-order valence-corrected chi connectivity index (χ1v) is 6.44. The Kier molecular flexibility index (Phi) is 5.68. The van der Waals surface area contributed by atoms with Crippen LogP contribution in [0.25, 0.3) is 0 Å². The number of nitrogens with two attached hydrogens (primary N) is 1. The number of hydrogen-bond donors (Lipinski definition) is 2. The molecular formula is C12H15F3N2OS. The van der Waals surface area contributed by atoms with Gasteiger partial charge in [0.1, 0.15) is 0 Å². The van der Waals surface area contributed by atoms with Gasteiger partial charge in [-0.05, 0) is 36.4 Å². The maximum Gasteiger partial charge on any atom is 0.446 e. The molecule has 0 aliphatic heterocycles. The number of amides is 1. The number of alkyl halides is 3. The van der Waals surface area contributed by atoms with E-state index in [0.29, 0.717) is 6.54 Å². The van der Waals surface area contributed by atoms with Gasteiger partial charge in [0.2, 0.25) is 5.91 Å². The molecule has 7 heteroatoms. The van der Waals surface area contributed by atoms with Gasteiger partial charge in [-0.25, -0.2) is 0 Å². The van der Waals surface area contributed by atoms with Crippen molar-refractivity contribution < 1.29 is 18.0 Å². The van der Waals surface area contributed by atoms with Crippen molar-refractivity contribution in [2.45, 2.75) is 36.3 Å². The number of thioether (sulfide) groups is 1. The van der Waals surface area contributed by atoms with Crippen LogP contribution in [0.15, 0.2) is 29.2 Å². The molecule has 1 atom stereocenters. The van der Waals surface area contributed by atoms with Crippen LogP contribution in [-0.4, -0.2) is 17.5 Å². The molecule has 106 valence electrons. The van der Waals surface area contributed by atoms with Crippen molar-refractivity contribution in [1.29, 1.82) is 0 Å². The van der Waals surface area contributed by atoms with E-state index in [1.165, 1.54) is 12.1 Å². The van der Waals surface area contributed by atoms with Gasteiger partial charge in [-0.2, -0.15) is 13.2 Å². The van der Waals surface area contributed by atoms with Gasteiger partial charge < -0.3 is 11.1 Å². The van der Waals surface area contributed by atoms with Crippen LogP contribution in [0.4, 0.5) is 13.2 Å². The molecular weight excluding hydrogens is 277 g/mol. The minimum Gasteiger partial charge on any atom is -0.370 e. The highest BCUT2D eigenvalue weighted by molar-refractivity contribution is 8.00. The topological polar surface area (TPSA) is 55.1 Å². The highest BCUT2D eigenvalue weighted by Crippen LogP contribution is 2.36. The Morgan fingerprint density at radius 1 is 1.37 bits per heavy atom. The summed E-state index contributed by atoms with van der Waals surface area (Å²) in [6.07, 6.45) is 0.224. The highest BCUT2D eigenvalue weighted by atomic mass is 32.2.